The lowest BCUT2D eigenvalue weighted by atomic mass is 9.91. The van der Waals surface area contributed by atoms with E-state index in [-0.39, 0.29) is 23.8 Å². The fourth-order valence-corrected chi connectivity index (χ4v) is 4.49. The van der Waals surface area contributed by atoms with Crippen LogP contribution in [0.15, 0.2) is 35.6 Å². The highest BCUT2D eigenvalue weighted by molar-refractivity contribution is 5.97. The van der Waals surface area contributed by atoms with Crippen LogP contribution in [0.2, 0.25) is 0 Å². The maximum atomic E-state index is 12.8. The van der Waals surface area contributed by atoms with Gasteiger partial charge in [-0.25, -0.2) is 0 Å². The minimum absolute atomic E-state index is 0.0757. The van der Waals surface area contributed by atoms with Gasteiger partial charge in [-0.3, -0.25) is 9.69 Å². The Balaban J connectivity index is 1.66. The molecule has 1 saturated heterocycles. The van der Waals surface area contributed by atoms with Crippen LogP contribution < -0.4 is 10.1 Å². The fourth-order valence-electron chi connectivity index (χ4n) is 4.49. The standard InChI is InChI=1S/C24H34N2O4/c1-15-16(2)22(29-5)8-7-21(15)17(3)26-10-9-19(14-26)25-23(28)18-11-20(27)13-24(4,12-18)30-6/h7-8,11-12,17,19,27H,9-10,13-14H2,1-6H3,(H,25,28)/t17?,19-,24?/m1/s1. The minimum Gasteiger partial charge on any atom is -0.512 e. The Morgan fingerprint density at radius 3 is 2.70 bits per heavy atom. The first-order chi connectivity index (χ1) is 14.2. The van der Waals surface area contributed by atoms with E-state index >= 15 is 0 Å². The zero-order valence-corrected chi connectivity index (χ0v) is 18.9. The molecule has 30 heavy (non-hydrogen) atoms. The number of ether oxygens (including phenoxy) is 2. The Morgan fingerprint density at radius 1 is 1.30 bits per heavy atom. The molecule has 1 fully saturated rings. The van der Waals surface area contributed by atoms with Crippen LogP contribution >= 0.6 is 0 Å². The molecule has 3 rings (SSSR count). The van der Waals surface area contributed by atoms with Crippen molar-refractivity contribution in [3.05, 3.63) is 52.3 Å². The van der Waals surface area contributed by atoms with E-state index in [0.717, 1.165) is 25.3 Å². The van der Waals surface area contributed by atoms with E-state index in [0.29, 0.717) is 12.0 Å². The van der Waals surface area contributed by atoms with Crippen LogP contribution in [0, 0.1) is 13.8 Å². The van der Waals surface area contributed by atoms with E-state index in [1.807, 2.05) is 13.0 Å². The maximum Gasteiger partial charge on any atom is 0.251 e. The largest absolute Gasteiger partial charge is 0.512 e. The first-order valence-corrected chi connectivity index (χ1v) is 10.5. The number of benzene rings is 1. The lowest BCUT2D eigenvalue weighted by molar-refractivity contribution is -0.118. The molecule has 0 bridgehead atoms. The molecule has 6 nitrogen and oxygen atoms in total. The van der Waals surface area contributed by atoms with Crippen molar-refractivity contribution >= 4 is 5.91 Å². The van der Waals surface area contributed by atoms with Gasteiger partial charge < -0.3 is 19.9 Å². The lowest BCUT2D eigenvalue weighted by Crippen LogP contribution is -2.39. The highest BCUT2D eigenvalue weighted by Crippen LogP contribution is 2.32. The highest BCUT2D eigenvalue weighted by Gasteiger charge is 2.32. The smallest absolute Gasteiger partial charge is 0.251 e. The molecule has 3 atom stereocenters. The van der Waals surface area contributed by atoms with Crippen LogP contribution in [0.1, 0.15) is 49.4 Å². The molecule has 1 amide bonds. The number of hydrogen-bond donors (Lipinski definition) is 2. The van der Waals surface area contributed by atoms with Crippen molar-refractivity contribution < 1.29 is 19.4 Å². The average molecular weight is 415 g/mol. The first-order valence-electron chi connectivity index (χ1n) is 10.5. The number of carbonyl (C=O) groups is 1. The molecule has 0 saturated carbocycles. The summed E-state index contributed by atoms with van der Waals surface area (Å²) >= 11 is 0. The van der Waals surface area contributed by atoms with Gasteiger partial charge in [0.2, 0.25) is 0 Å². The number of rotatable bonds is 6. The normalized spacial score (nSPS) is 25.5. The minimum atomic E-state index is -0.661. The van der Waals surface area contributed by atoms with E-state index in [1.54, 1.807) is 20.3 Å². The molecule has 0 radical (unpaired) electrons. The number of aliphatic hydroxyl groups excluding tert-OH is 1. The van der Waals surface area contributed by atoms with Gasteiger partial charge in [0, 0.05) is 44.3 Å². The number of likely N-dealkylation sites (tertiary alicyclic amines) is 1. The molecule has 164 valence electrons. The van der Waals surface area contributed by atoms with Gasteiger partial charge in [0.15, 0.2) is 0 Å². The summed E-state index contributed by atoms with van der Waals surface area (Å²) < 4.78 is 10.9. The van der Waals surface area contributed by atoms with Crippen molar-refractivity contribution in [1.82, 2.24) is 10.2 Å². The van der Waals surface area contributed by atoms with Crippen molar-refractivity contribution in [1.29, 1.82) is 0 Å². The Hall–Kier alpha value is -2.31. The molecule has 6 heteroatoms. The zero-order chi connectivity index (χ0) is 22.1. The van der Waals surface area contributed by atoms with Crippen molar-refractivity contribution in [2.24, 2.45) is 0 Å². The SMILES string of the molecule is COc1ccc(C(C)N2CC[C@@H](NC(=O)C3=CC(C)(OC)CC(O)=C3)C2)c(C)c1C. The Morgan fingerprint density at radius 2 is 2.03 bits per heavy atom. The average Bonchev–Trinajstić information content (AvgIpc) is 3.17. The monoisotopic (exact) mass is 414 g/mol. The van der Waals surface area contributed by atoms with Crippen LogP contribution in [0.5, 0.6) is 5.75 Å². The van der Waals surface area contributed by atoms with Crippen LogP contribution in [0.3, 0.4) is 0 Å². The predicted octanol–water partition coefficient (Wildman–Crippen LogP) is 3.74. The van der Waals surface area contributed by atoms with Gasteiger partial charge in [-0.15, -0.1) is 0 Å². The lowest BCUT2D eigenvalue weighted by Gasteiger charge is -2.29. The van der Waals surface area contributed by atoms with Crippen molar-refractivity contribution in [3.8, 4) is 5.75 Å². The summed E-state index contributed by atoms with van der Waals surface area (Å²) in [6, 6.07) is 4.51. The molecule has 2 aliphatic rings. The predicted molar refractivity (Wildman–Crippen MR) is 118 cm³/mol. The first kappa shape index (κ1) is 22.4. The number of aliphatic hydroxyl groups is 1. The van der Waals surface area contributed by atoms with Crippen molar-refractivity contribution in [2.75, 3.05) is 27.3 Å². The topological polar surface area (TPSA) is 71.0 Å². The summed E-state index contributed by atoms with van der Waals surface area (Å²) in [5.74, 6) is 0.912. The number of carbonyl (C=O) groups excluding carboxylic acids is 1. The third kappa shape index (κ3) is 4.55. The van der Waals surface area contributed by atoms with Crippen LogP contribution in [-0.2, 0) is 9.53 Å². The summed E-state index contributed by atoms with van der Waals surface area (Å²) in [7, 11) is 3.29. The maximum absolute atomic E-state index is 12.8. The quantitative estimate of drug-likeness (QED) is 0.742. The zero-order valence-electron chi connectivity index (χ0n) is 18.9. The third-order valence-electron chi connectivity index (χ3n) is 6.60. The molecule has 1 aromatic carbocycles. The Kier molecular flexibility index (Phi) is 6.58. The molecule has 2 unspecified atom stereocenters. The molecule has 1 aliphatic heterocycles. The van der Waals surface area contributed by atoms with Gasteiger partial charge in [-0.05, 0) is 69.0 Å². The fraction of sp³-hybridized carbons (Fsp3) is 0.542. The second-order valence-electron chi connectivity index (χ2n) is 8.67. The molecule has 2 N–H and O–H groups in total. The number of hydrogen-bond acceptors (Lipinski definition) is 5. The molecule has 1 heterocycles. The molecule has 0 spiro atoms. The van der Waals surface area contributed by atoms with Crippen LogP contribution in [-0.4, -0.2) is 54.9 Å². The van der Waals surface area contributed by atoms with Crippen molar-refractivity contribution in [3.63, 3.8) is 0 Å². The van der Waals surface area contributed by atoms with Gasteiger partial charge in [0.1, 0.15) is 5.75 Å². The van der Waals surface area contributed by atoms with Gasteiger partial charge in [-0.2, -0.15) is 0 Å². The van der Waals surface area contributed by atoms with Crippen LogP contribution in [0.4, 0.5) is 0 Å². The summed E-state index contributed by atoms with van der Waals surface area (Å²) in [4.78, 5) is 15.2. The van der Waals surface area contributed by atoms with Crippen LogP contribution in [0.25, 0.3) is 0 Å². The molecular weight excluding hydrogens is 380 g/mol. The Labute approximate surface area is 179 Å². The van der Waals surface area contributed by atoms with E-state index in [4.69, 9.17) is 9.47 Å². The number of nitrogens with one attached hydrogen (secondary N) is 1. The van der Waals surface area contributed by atoms with Gasteiger partial charge >= 0.3 is 0 Å². The van der Waals surface area contributed by atoms with E-state index in [2.05, 4.69) is 37.1 Å². The molecule has 1 aromatic rings. The Bertz CT molecular complexity index is 876. The number of methoxy groups -OCH3 is 2. The van der Waals surface area contributed by atoms with Gasteiger partial charge in [-0.1, -0.05) is 6.07 Å². The second kappa shape index (κ2) is 8.82. The van der Waals surface area contributed by atoms with Crippen molar-refractivity contribution in [2.45, 2.75) is 58.2 Å². The number of amides is 1. The molecular formula is C24H34N2O4. The second-order valence-corrected chi connectivity index (χ2v) is 8.67. The van der Waals surface area contributed by atoms with Gasteiger partial charge in [0.25, 0.3) is 5.91 Å². The summed E-state index contributed by atoms with van der Waals surface area (Å²) in [5.41, 5.74) is 3.50. The third-order valence-corrected chi connectivity index (χ3v) is 6.60. The van der Waals surface area contributed by atoms with E-state index < -0.39 is 5.60 Å². The molecule has 1 aliphatic carbocycles. The van der Waals surface area contributed by atoms with E-state index in [9.17, 15) is 9.90 Å². The molecule has 0 aromatic heterocycles. The number of nitrogens with zero attached hydrogens (tertiary/aromatic N) is 1. The van der Waals surface area contributed by atoms with E-state index in [1.165, 1.54) is 22.8 Å². The summed E-state index contributed by atoms with van der Waals surface area (Å²) in [6.45, 7) is 10.0. The summed E-state index contributed by atoms with van der Waals surface area (Å²) in [5, 5.41) is 13.2. The van der Waals surface area contributed by atoms with Gasteiger partial charge in [0.05, 0.1) is 18.5 Å². The highest BCUT2D eigenvalue weighted by atomic mass is 16.5. The summed E-state index contributed by atoms with van der Waals surface area (Å²) in [6.07, 6.45) is 4.60.